The van der Waals surface area contributed by atoms with Gasteiger partial charge in [0.25, 0.3) is 0 Å². The fourth-order valence-electron chi connectivity index (χ4n) is 0.754. The first kappa shape index (κ1) is 9.07. The molecule has 1 rings (SSSR count). The summed E-state index contributed by atoms with van der Waals surface area (Å²) < 4.78 is 12.9. The average Bonchev–Trinajstić information content (AvgIpc) is 2.02. The minimum absolute atomic E-state index is 0.0246. The van der Waals surface area contributed by atoms with Crippen LogP contribution in [0.25, 0.3) is 0 Å². The molecule has 0 radical (unpaired) electrons. The Balaban J connectivity index is 3.05. The molecule has 0 spiro atoms. The number of carboxylic acid groups (broad SMARTS) is 1. The molecular formula is C9H6FNO2. The topological polar surface area (TPSA) is 63.3 Å². The van der Waals surface area contributed by atoms with Crippen LogP contribution in [0, 0.1) is 17.7 Å². The standard InChI is InChI=1S/C9H6FNO2/c10-8-5-7(11)3-1-6(8)2-4-9(12)13/h1,3,5H,11H2,(H,12,13). The second-order valence-corrected chi connectivity index (χ2v) is 2.29. The first-order valence-corrected chi connectivity index (χ1v) is 3.39. The number of hydrogen-bond acceptors (Lipinski definition) is 2. The summed E-state index contributed by atoms with van der Waals surface area (Å²) in [5.41, 5.74) is 5.58. The van der Waals surface area contributed by atoms with Gasteiger partial charge in [-0.05, 0) is 18.2 Å². The maximum atomic E-state index is 12.9. The average molecular weight is 179 g/mol. The summed E-state index contributed by atoms with van der Waals surface area (Å²) in [5, 5.41) is 8.20. The number of nitrogen functional groups attached to an aromatic ring is 1. The van der Waals surface area contributed by atoms with Crippen LogP contribution < -0.4 is 5.73 Å². The molecule has 0 amide bonds. The van der Waals surface area contributed by atoms with Crippen LogP contribution in [0.15, 0.2) is 18.2 Å². The molecule has 0 saturated carbocycles. The monoisotopic (exact) mass is 179 g/mol. The van der Waals surface area contributed by atoms with E-state index in [4.69, 9.17) is 10.8 Å². The van der Waals surface area contributed by atoms with Gasteiger partial charge in [-0.15, -0.1) is 0 Å². The Morgan fingerprint density at radius 1 is 1.54 bits per heavy atom. The Morgan fingerprint density at radius 2 is 2.23 bits per heavy atom. The zero-order valence-corrected chi connectivity index (χ0v) is 6.54. The summed E-state index contributed by atoms with van der Waals surface area (Å²) in [7, 11) is 0. The Morgan fingerprint density at radius 3 is 2.77 bits per heavy atom. The number of halogens is 1. The highest BCUT2D eigenvalue weighted by Gasteiger charge is 1.98. The number of rotatable bonds is 0. The second-order valence-electron chi connectivity index (χ2n) is 2.29. The fraction of sp³-hybridized carbons (Fsp3) is 0. The van der Waals surface area contributed by atoms with Gasteiger partial charge in [0.05, 0.1) is 5.56 Å². The molecule has 0 fully saturated rings. The van der Waals surface area contributed by atoms with Crippen molar-refractivity contribution in [2.24, 2.45) is 0 Å². The Hall–Kier alpha value is -2.02. The van der Waals surface area contributed by atoms with Crippen LogP contribution in [-0.2, 0) is 4.79 Å². The third kappa shape index (κ3) is 2.49. The third-order valence-corrected chi connectivity index (χ3v) is 1.30. The normalized spacial score (nSPS) is 8.69. The molecule has 0 atom stereocenters. The molecule has 13 heavy (non-hydrogen) atoms. The summed E-state index contributed by atoms with van der Waals surface area (Å²) in [6, 6.07) is 3.88. The zero-order chi connectivity index (χ0) is 9.84. The van der Waals surface area contributed by atoms with Crippen molar-refractivity contribution in [1.82, 2.24) is 0 Å². The molecule has 0 aliphatic heterocycles. The van der Waals surface area contributed by atoms with Gasteiger partial charge < -0.3 is 10.8 Å². The zero-order valence-electron chi connectivity index (χ0n) is 6.54. The van der Waals surface area contributed by atoms with E-state index in [9.17, 15) is 9.18 Å². The SMILES string of the molecule is Nc1ccc(C#CC(=O)O)c(F)c1. The van der Waals surface area contributed by atoms with Gasteiger partial charge in [0.1, 0.15) is 5.82 Å². The highest BCUT2D eigenvalue weighted by Crippen LogP contribution is 2.09. The van der Waals surface area contributed by atoms with Gasteiger partial charge in [0.15, 0.2) is 0 Å². The van der Waals surface area contributed by atoms with Crippen molar-refractivity contribution in [3.05, 3.63) is 29.6 Å². The van der Waals surface area contributed by atoms with Crippen LogP contribution in [0.5, 0.6) is 0 Å². The molecule has 0 bridgehead atoms. The Bertz CT molecular complexity index is 404. The minimum Gasteiger partial charge on any atom is -0.472 e. The maximum Gasteiger partial charge on any atom is 0.382 e. The fourth-order valence-corrected chi connectivity index (χ4v) is 0.754. The molecule has 3 nitrogen and oxygen atoms in total. The summed E-state index contributed by atoms with van der Waals surface area (Å²) >= 11 is 0. The number of benzene rings is 1. The maximum absolute atomic E-state index is 12.9. The molecule has 1 aromatic rings. The van der Waals surface area contributed by atoms with Crippen molar-refractivity contribution in [3.63, 3.8) is 0 Å². The van der Waals surface area contributed by atoms with E-state index in [2.05, 4.69) is 5.92 Å². The largest absolute Gasteiger partial charge is 0.472 e. The highest BCUT2D eigenvalue weighted by atomic mass is 19.1. The van der Waals surface area contributed by atoms with Crippen LogP contribution in [-0.4, -0.2) is 11.1 Å². The summed E-state index contributed by atoms with van der Waals surface area (Å²) in [6.45, 7) is 0. The summed E-state index contributed by atoms with van der Waals surface area (Å²) in [6.07, 6.45) is 0. The van der Waals surface area contributed by atoms with Crippen molar-refractivity contribution in [3.8, 4) is 11.8 Å². The molecule has 0 saturated heterocycles. The minimum atomic E-state index is -1.30. The molecule has 0 aromatic heterocycles. The van der Waals surface area contributed by atoms with Crippen molar-refractivity contribution < 1.29 is 14.3 Å². The molecule has 3 N–H and O–H groups in total. The van der Waals surface area contributed by atoms with Gasteiger partial charge >= 0.3 is 5.97 Å². The van der Waals surface area contributed by atoms with E-state index in [0.29, 0.717) is 0 Å². The first-order valence-electron chi connectivity index (χ1n) is 3.39. The van der Waals surface area contributed by atoms with E-state index in [1.165, 1.54) is 12.1 Å². The van der Waals surface area contributed by atoms with E-state index in [1.807, 2.05) is 5.92 Å². The summed E-state index contributed by atoms with van der Waals surface area (Å²) in [4.78, 5) is 10.0. The van der Waals surface area contributed by atoms with E-state index in [-0.39, 0.29) is 11.3 Å². The number of anilines is 1. The molecule has 0 heterocycles. The van der Waals surface area contributed by atoms with Crippen molar-refractivity contribution in [2.45, 2.75) is 0 Å². The molecule has 0 unspecified atom stereocenters. The quantitative estimate of drug-likeness (QED) is 0.458. The van der Waals surface area contributed by atoms with Gasteiger partial charge in [-0.3, -0.25) is 0 Å². The van der Waals surface area contributed by atoms with Crippen LogP contribution >= 0.6 is 0 Å². The van der Waals surface area contributed by atoms with Crippen LogP contribution in [0.2, 0.25) is 0 Å². The molecule has 66 valence electrons. The van der Waals surface area contributed by atoms with Gasteiger partial charge in [-0.1, -0.05) is 5.92 Å². The molecule has 1 aromatic carbocycles. The van der Waals surface area contributed by atoms with Crippen molar-refractivity contribution in [1.29, 1.82) is 0 Å². The predicted octanol–water partition coefficient (Wildman–Crippen LogP) is 0.844. The Kier molecular flexibility index (Phi) is 2.50. The number of aliphatic carboxylic acids is 1. The van der Waals surface area contributed by atoms with Crippen LogP contribution in [0.3, 0.4) is 0 Å². The molecule has 0 aliphatic rings. The van der Waals surface area contributed by atoms with Gasteiger partial charge in [-0.25, -0.2) is 9.18 Å². The summed E-state index contributed by atoms with van der Waals surface area (Å²) in [5.74, 6) is 2.06. The van der Waals surface area contributed by atoms with E-state index in [0.717, 1.165) is 6.07 Å². The predicted molar refractivity (Wildman–Crippen MR) is 45.3 cm³/mol. The number of carboxylic acids is 1. The first-order chi connectivity index (χ1) is 6.09. The molecular weight excluding hydrogens is 173 g/mol. The van der Waals surface area contributed by atoms with Crippen molar-refractivity contribution >= 4 is 11.7 Å². The molecule has 4 heteroatoms. The number of carbonyl (C=O) groups is 1. The molecule has 0 aliphatic carbocycles. The second kappa shape index (κ2) is 3.59. The highest BCUT2D eigenvalue weighted by molar-refractivity contribution is 5.87. The van der Waals surface area contributed by atoms with Crippen LogP contribution in [0.1, 0.15) is 5.56 Å². The lowest BCUT2D eigenvalue weighted by Gasteiger charge is -1.94. The number of nitrogens with two attached hydrogens (primary N) is 1. The van der Waals surface area contributed by atoms with Gasteiger partial charge in [0.2, 0.25) is 0 Å². The Labute approximate surface area is 74.0 Å². The van der Waals surface area contributed by atoms with E-state index in [1.54, 1.807) is 0 Å². The van der Waals surface area contributed by atoms with E-state index >= 15 is 0 Å². The lowest BCUT2D eigenvalue weighted by atomic mass is 10.2. The van der Waals surface area contributed by atoms with E-state index < -0.39 is 11.8 Å². The lowest BCUT2D eigenvalue weighted by molar-refractivity contribution is -0.130. The third-order valence-electron chi connectivity index (χ3n) is 1.30. The smallest absolute Gasteiger partial charge is 0.382 e. The lowest BCUT2D eigenvalue weighted by Crippen LogP contribution is -1.91. The van der Waals surface area contributed by atoms with Crippen LogP contribution in [0.4, 0.5) is 10.1 Å². The van der Waals surface area contributed by atoms with Gasteiger partial charge in [-0.2, -0.15) is 0 Å². The number of hydrogen-bond donors (Lipinski definition) is 2. The van der Waals surface area contributed by atoms with Gasteiger partial charge in [0, 0.05) is 11.6 Å². The van der Waals surface area contributed by atoms with Crippen molar-refractivity contribution in [2.75, 3.05) is 5.73 Å².